The molecule has 0 spiro atoms. The number of nitrogens with one attached hydrogen (secondary N) is 9. The number of pyridine rings is 1. The quantitative estimate of drug-likeness (QED) is 0.0210. The van der Waals surface area contributed by atoms with Gasteiger partial charge in [-0.25, -0.2) is 4.98 Å². The number of carbonyl (C=O) groups excluding carboxylic acids is 9. The van der Waals surface area contributed by atoms with Crippen LogP contribution in [0.25, 0.3) is 0 Å². The molecule has 83 heavy (non-hydrogen) atoms. The van der Waals surface area contributed by atoms with Gasteiger partial charge in [0, 0.05) is 37.3 Å². The molecule has 25 nitrogen and oxygen atoms in total. The highest BCUT2D eigenvalue weighted by Gasteiger charge is 2.35. The standard InChI is InChI=1S/C57H75N13O12S/c1-35(2)29-45(66-57(79)47-17-12-28-70(47)37(5)71)53(75)61-34-50(72)63-44(25-21-38-13-7-6-8-14-38)55(77)64-43(16-11-27-58)54(76)65-46(30-36(3)4)56(78)69-68-52(74)40-22-19-39(20-23-40)31-60-51(73)42-24-26-49(59-32-42)67-62-33-41-15-9-10-18-48(41)83(80,81)82/h6-10,13-15,18-20,22-24,26,32-33,35-36,43-47H,11-12,16-17,21,25,27-31,34,58H2,1-5H3,(H,59,67)(H,60,73)(H,61,75)(H,63,72)(H,64,77)(H,65,76)(H,66,79)(H,68,74)(H,69,78)(H,80,81,82)/b62-33+/t43-,44-,45-,46-,47-/m0/s1. The molecule has 12 N–H and O–H groups in total. The second kappa shape index (κ2) is 32.1. The normalized spacial score (nSPS) is 14.6. The molecule has 3 aromatic carbocycles. The van der Waals surface area contributed by atoms with Crippen molar-refractivity contribution in [2.24, 2.45) is 22.7 Å². The van der Waals surface area contributed by atoms with Crippen LogP contribution in [0.15, 0.2) is 107 Å². The number of likely N-dealkylation sites (tertiary alicyclic amines) is 1. The molecule has 0 radical (unpaired) electrons. The number of aromatic nitrogens is 1. The molecule has 1 aliphatic heterocycles. The lowest BCUT2D eigenvalue weighted by atomic mass is 10.0. The average Bonchev–Trinajstić information content (AvgIpc) is 4.19. The largest absolute Gasteiger partial charge is 0.348 e. The average molecular weight is 1170 g/mol. The van der Waals surface area contributed by atoms with Crippen molar-refractivity contribution >= 4 is 75.3 Å². The summed E-state index contributed by atoms with van der Waals surface area (Å²) in [6, 6.07) is 18.7. The zero-order valence-corrected chi connectivity index (χ0v) is 47.9. The van der Waals surface area contributed by atoms with Crippen LogP contribution >= 0.6 is 0 Å². The van der Waals surface area contributed by atoms with E-state index in [2.05, 4.69) is 58.3 Å². The monoisotopic (exact) mass is 1170 g/mol. The van der Waals surface area contributed by atoms with Crippen molar-refractivity contribution in [2.75, 3.05) is 25.1 Å². The molecule has 9 amide bonds. The number of nitrogens with two attached hydrogens (primary N) is 1. The molecule has 5 atom stereocenters. The summed E-state index contributed by atoms with van der Waals surface area (Å²) >= 11 is 0. The number of hydrazone groups is 1. The van der Waals surface area contributed by atoms with Gasteiger partial charge in [0.25, 0.3) is 27.8 Å². The molecular weight excluding hydrogens is 1090 g/mol. The van der Waals surface area contributed by atoms with E-state index < -0.39 is 94.1 Å². The molecule has 1 fully saturated rings. The minimum atomic E-state index is -4.47. The van der Waals surface area contributed by atoms with Crippen LogP contribution in [0.1, 0.15) is 117 Å². The highest BCUT2D eigenvalue weighted by Crippen LogP contribution is 2.19. The molecule has 5 rings (SSSR count). The van der Waals surface area contributed by atoms with Gasteiger partial charge >= 0.3 is 0 Å². The third-order valence-corrected chi connectivity index (χ3v) is 14.1. The highest BCUT2D eigenvalue weighted by atomic mass is 32.2. The second-order valence-corrected chi connectivity index (χ2v) is 22.1. The summed E-state index contributed by atoms with van der Waals surface area (Å²) < 4.78 is 32.7. The summed E-state index contributed by atoms with van der Waals surface area (Å²) in [7, 11) is -4.47. The van der Waals surface area contributed by atoms with Gasteiger partial charge < -0.3 is 42.5 Å². The lowest BCUT2D eigenvalue weighted by molar-refractivity contribution is -0.138. The van der Waals surface area contributed by atoms with Gasteiger partial charge in [-0.3, -0.25) is 64.0 Å². The fourth-order valence-corrected chi connectivity index (χ4v) is 9.58. The molecule has 2 heterocycles. The number of hydrazine groups is 1. The van der Waals surface area contributed by atoms with Crippen molar-refractivity contribution in [1.29, 1.82) is 0 Å². The lowest BCUT2D eigenvalue weighted by Gasteiger charge is -2.27. The highest BCUT2D eigenvalue weighted by molar-refractivity contribution is 7.86. The van der Waals surface area contributed by atoms with E-state index in [1.54, 1.807) is 18.2 Å². The molecular formula is C57H75N13O12S. The number of nitrogens with zero attached hydrogens (tertiary/aromatic N) is 3. The molecule has 1 aliphatic rings. The Morgan fingerprint density at radius 1 is 0.699 bits per heavy atom. The van der Waals surface area contributed by atoms with Crippen molar-refractivity contribution < 1.29 is 56.1 Å². The van der Waals surface area contributed by atoms with Crippen molar-refractivity contribution in [3.8, 4) is 0 Å². The first-order valence-electron chi connectivity index (χ1n) is 27.3. The summed E-state index contributed by atoms with van der Waals surface area (Å²) in [5.74, 6) is -5.29. The molecule has 1 saturated heterocycles. The van der Waals surface area contributed by atoms with Crippen molar-refractivity contribution in [2.45, 2.75) is 128 Å². The molecule has 0 unspecified atom stereocenters. The molecule has 446 valence electrons. The van der Waals surface area contributed by atoms with Crippen LogP contribution in [0.4, 0.5) is 5.82 Å². The van der Waals surface area contributed by atoms with E-state index in [-0.39, 0.29) is 83.9 Å². The van der Waals surface area contributed by atoms with E-state index in [9.17, 15) is 56.1 Å². The van der Waals surface area contributed by atoms with E-state index in [0.29, 0.717) is 37.8 Å². The number of amides is 9. The van der Waals surface area contributed by atoms with Crippen LogP contribution < -0.4 is 53.9 Å². The van der Waals surface area contributed by atoms with Crippen molar-refractivity contribution in [3.63, 3.8) is 0 Å². The topological polar surface area (TPSA) is 371 Å². The van der Waals surface area contributed by atoms with Crippen molar-refractivity contribution in [1.82, 2.24) is 52.6 Å². The first kappa shape index (κ1) is 65.2. The molecule has 1 aromatic heterocycles. The smallest absolute Gasteiger partial charge is 0.295 e. The Morgan fingerprint density at radius 2 is 1.33 bits per heavy atom. The Kier molecular flexibility index (Phi) is 25.2. The van der Waals surface area contributed by atoms with Gasteiger partial charge in [0.05, 0.1) is 18.3 Å². The Balaban J connectivity index is 1.15. The van der Waals surface area contributed by atoms with Crippen LogP contribution in [0.2, 0.25) is 0 Å². The maximum atomic E-state index is 14.1. The minimum absolute atomic E-state index is 0.0248. The Labute approximate surface area is 482 Å². The summed E-state index contributed by atoms with van der Waals surface area (Å²) in [4.78, 5) is 126. The zero-order chi connectivity index (χ0) is 60.6. The maximum Gasteiger partial charge on any atom is 0.295 e. The van der Waals surface area contributed by atoms with Gasteiger partial charge in [0.2, 0.25) is 35.4 Å². The van der Waals surface area contributed by atoms with Crippen molar-refractivity contribution in [3.05, 3.63) is 125 Å². The zero-order valence-electron chi connectivity index (χ0n) is 47.1. The predicted octanol–water partition coefficient (Wildman–Crippen LogP) is 2.00. The maximum absolute atomic E-state index is 14.1. The summed E-state index contributed by atoms with van der Waals surface area (Å²) in [5, 5.41) is 20.2. The first-order valence-corrected chi connectivity index (χ1v) is 28.7. The number of rotatable bonds is 29. The van der Waals surface area contributed by atoms with E-state index in [1.807, 2.05) is 58.0 Å². The van der Waals surface area contributed by atoms with E-state index in [4.69, 9.17) is 5.73 Å². The van der Waals surface area contributed by atoms with Crippen LogP contribution in [-0.2, 0) is 56.6 Å². The van der Waals surface area contributed by atoms with Gasteiger partial charge in [0.15, 0.2) is 0 Å². The van der Waals surface area contributed by atoms with Gasteiger partial charge in [-0.1, -0.05) is 88.4 Å². The first-order chi connectivity index (χ1) is 39.5. The van der Waals surface area contributed by atoms with Crippen LogP contribution in [0, 0.1) is 11.8 Å². The van der Waals surface area contributed by atoms with Gasteiger partial charge in [0.1, 0.15) is 40.9 Å². The minimum Gasteiger partial charge on any atom is -0.348 e. The fraction of sp³-hybridized carbons (Fsp3) is 0.421. The van der Waals surface area contributed by atoms with Gasteiger partial charge in [-0.15, -0.1) is 0 Å². The number of hydrogen-bond donors (Lipinski definition) is 11. The summed E-state index contributed by atoms with van der Waals surface area (Å²) in [6.07, 6.45) is 4.77. The Bertz CT molecular complexity index is 3040. The lowest BCUT2D eigenvalue weighted by Crippen LogP contribution is -2.58. The van der Waals surface area contributed by atoms with Gasteiger partial charge in [-0.2, -0.15) is 13.5 Å². The molecule has 0 bridgehead atoms. The Hall–Kier alpha value is -8.62. The number of anilines is 1. The number of benzene rings is 3. The summed E-state index contributed by atoms with van der Waals surface area (Å²) in [6.45, 7) is 8.91. The van der Waals surface area contributed by atoms with Crippen LogP contribution in [0.5, 0.6) is 0 Å². The third kappa shape index (κ3) is 21.3. The van der Waals surface area contributed by atoms with E-state index in [1.165, 1.54) is 66.7 Å². The number of hydrogen-bond acceptors (Lipinski definition) is 15. The SMILES string of the molecule is CC(=O)N1CCC[C@H]1C(=O)N[C@@H](CC(C)C)C(=O)NCC(=O)N[C@@H](CCc1ccccc1)C(=O)N[C@@H](CCCN)C(=O)N[C@@H](CC(C)C)C(=O)NNC(=O)c1ccc(CNC(=O)c2ccc(N/N=C/c3ccccc3S(=O)(=O)O)nc2)cc1. The van der Waals surface area contributed by atoms with Crippen LogP contribution in [-0.4, -0.2) is 132 Å². The van der Waals surface area contributed by atoms with Gasteiger partial charge in [-0.05, 0) is 111 Å². The second-order valence-electron chi connectivity index (χ2n) is 20.7. The van der Waals surface area contributed by atoms with Crippen LogP contribution in [0.3, 0.4) is 0 Å². The Morgan fingerprint density at radius 3 is 1.95 bits per heavy atom. The predicted molar refractivity (Wildman–Crippen MR) is 308 cm³/mol. The molecule has 26 heteroatoms. The van der Waals surface area contributed by atoms with E-state index in [0.717, 1.165) is 5.56 Å². The molecule has 0 aliphatic carbocycles. The number of carbonyl (C=O) groups is 9. The third-order valence-electron chi connectivity index (χ3n) is 13.2. The fourth-order valence-electron chi connectivity index (χ4n) is 8.91. The number of aryl methyl sites for hydroxylation is 1. The summed E-state index contributed by atoms with van der Waals surface area (Å²) in [5.41, 5.74) is 15.2. The molecule has 0 saturated carbocycles. The molecule has 4 aromatic rings. The van der Waals surface area contributed by atoms with E-state index >= 15 is 0 Å².